The fourth-order valence-corrected chi connectivity index (χ4v) is 0.931. The second-order valence-corrected chi connectivity index (χ2v) is 3.08. The van der Waals surface area contributed by atoms with Gasteiger partial charge in [0.2, 0.25) is 5.91 Å². The third-order valence-electron chi connectivity index (χ3n) is 1.79. The van der Waals surface area contributed by atoms with Crippen molar-refractivity contribution in [3.05, 3.63) is 0 Å². The van der Waals surface area contributed by atoms with E-state index in [1.165, 1.54) is 6.92 Å². The van der Waals surface area contributed by atoms with E-state index in [4.69, 9.17) is 10.2 Å². The number of hydrogen-bond acceptors (Lipinski definition) is 5. The van der Waals surface area contributed by atoms with Gasteiger partial charge in [0, 0.05) is 13.5 Å². The predicted molar refractivity (Wildman–Crippen MR) is 48.4 cm³/mol. The summed E-state index contributed by atoms with van der Waals surface area (Å²) in [6.07, 6.45) is -3.79. The van der Waals surface area contributed by atoms with Gasteiger partial charge in [-0.2, -0.15) is 0 Å². The van der Waals surface area contributed by atoms with Gasteiger partial charge in [0.1, 0.15) is 12.2 Å². The lowest BCUT2D eigenvalue weighted by Crippen LogP contribution is -2.41. The Balaban J connectivity index is 3.72. The summed E-state index contributed by atoms with van der Waals surface area (Å²) in [6.45, 7) is 0.940. The zero-order valence-corrected chi connectivity index (χ0v) is 8.05. The van der Waals surface area contributed by atoms with Crippen molar-refractivity contribution in [3.63, 3.8) is 0 Å². The Bertz CT molecular complexity index is 175. The molecular formula is C8H17NO5. The van der Waals surface area contributed by atoms with E-state index < -0.39 is 24.9 Å². The van der Waals surface area contributed by atoms with Crippen LogP contribution in [-0.2, 0) is 4.79 Å². The van der Waals surface area contributed by atoms with Crippen LogP contribution in [0.25, 0.3) is 0 Å². The largest absolute Gasteiger partial charge is 0.394 e. The molecule has 1 amide bonds. The van der Waals surface area contributed by atoms with Crippen LogP contribution in [-0.4, -0.2) is 57.8 Å². The maximum atomic E-state index is 10.4. The number of rotatable bonds is 6. The van der Waals surface area contributed by atoms with Crippen molar-refractivity contribution in [1.29, 1.82) is 0 Å². The molecule has 0 saturated carbocycles. The van der Waals surface area contributed by atoms with Crippen molar-refractivity contribution in [1.82, 2.24) is 5.32 Å². The van der Waals surface area contributed by atoms with E-state index >= 15 is 0 Å². The predicted octanol–water partition coefficient (Wildman–Crippen LogP) is -2.41. The average Bonchev–Trinajstić information content (AvgIpc) is 2.14. The highest BCUT2D eigenvalue weighted by Crippen LogP contribution is 2.03. The summed E-state index contributed by atoms with van der Waals surface area (Å²) < 4.78 is 0. The van der Waals surface area contributed by atoms with Gasteiger partial charge in [0.15, 0.2) is 0 Å². The van der Waals surface area contributed by atoms with Crippen LogP contribution in [0.3, 0.4) is 0 Å². The Morgan fingerprint density at radius 3 is 2.29 bits per heavy atom. The molecule has 84 valence electrons. The summed E-state index contributed by atoms with van der Waals surface area (Å²) in [6, 6.07) is 0. The summed E-state index contributed by atoms with van der Waals surface area (Å²) in [7, 11) is 0. The first-order valence-electron chi connectivity index (χ1n) is 4.38. The van der Waals surface area contributed by atoms with E-state index in [1.807, 2.05) is 0 Å². The summed E-state index contributed by atoms with van der Waals surface area (Å²) >= 11 is 0. The van der Waals surface area contributed by atoms with Gasteiger partial charge >= 0.3 is 0 Å². The van der Waals surface area contributed by atoms with Gasteiger partial charge in [-0.15, -0.1) is 0 Å². The standard InChI is InChI=1S/C8H17NO5/c1-5(11)9-3-2-6(12)8(14)7(13)4-10/h6-8,10,12-14H,2-4H2,1H3,(H,9,11). The first kappa shape index (κ1) is 13.3. The third kappa shape index (κ3) is 5.13. The fourth-order valence-electron chi connectivity index (χ4n) is 0.931. The normalized spacial score (nSPS) is 17.2. The molecule has 6 nitrogen and oxygen atoms in total. The molecule has 0 aromatic rings. The molecule has 5 N–H and O–H groups in total. The minimum atomic E-state index is -1.39. The van der Waals surface area contributed by atoms with Gasteiger partial charge in [-0.05, 0) is 6.42 Å². The molecule has 0 aliphatic carbocycles. The highest BCUT2D eigenvalue weighted by molar-refractivity contribution is 5.72. The van der Waals surface area contributed by atoms with Crippen LogP contribution in [0.2, 0.25) is 0 Å². The van der Waals surface area contributed by atoms with Gasteiger partial charge in [0.05, 0.1) is 12.7 Å². The first-order valence-corrected chi connectivity index (χ1v) is 4.38. The minimum Gasteiger partial charge on any atom is -0.394 e. The Morgan fingerprint density at radius 2 is 1.86 bits per heavy atom. The van der Waals surface area contributed by atoms with Crippen LogP contribution in [0.5, 0.6) is 0 Å². The second kappa shape index (κ2) is 6.72. The molecule has 0 aromatic heterocycles. The van der Waals surface area contributed by atoms with Gasteiger partial charge in [-0.3, -0.25) is 4.79 Å². The van der Waals surface area contributed by atoms with Crippen molar-refractivity contribution in [2.75, 3.05) is 13.2 Å². The van der Waals surface area contributed by atoms with Crippen LogP contribution >= 0.6 is 0 Å². The molecule has 0 aromatic carbocycles. The Morgan fingerprint density at radius 1 is 1.29 bits per heavy atom. The van der Waals surface area contributed by atoms with Crippen LogP contribution in [0.15, 0.2) is 0 Å². The highest BCUT2D eigenvalue weighted by atomic mass is 16.4. The molecular weight excluding hydrogens is 190 g/mol. The topological polar surface area (TPSA) is 110 Å². The third-order valence-corrected chi connectivity index (χ3v) is 1.79. The van der Waals surface area contributed by atoms with Crippen molar-refractivity contribution >= 4 is 5.91 Å². The van der Waals surface area contributed by atoms with Crippen molar-refractivity contribution in [2.24, 2.45) is 0 Å². The van der Waals surface area contributed by atoms with Crippen molar-refractivity contribution < 1.29 is 25.2 Å². The van der Waals surface area contributed by atoms with E-state index in [2.05, 4.69) is 5.32 Å². The molecule has 6 heteroatoms. The quantitative estimate of drug-likeness (QED) is 0.333. The smallest absolute Gasteiger partial charge is 0.216 e. The summed E-state index contributed by atoms with van der Waals surface area (Å²) in [4.78, 5) is 10.4. The second-order valence-electron chi connectivity index (χ2n) is 3.08. The van der Waals surface area contributed by atoms with Crippen LogP contribution in [0.4, 0.5) is 0 Å². The molecule has 3 atom stereocenters. The Kier molecular flexibility index (Phi) is 6.39. The van der Waals surface area contributed by atoms with Crippen LogP contribution in [0, 0.1) is 0 Å². The molecule has 0 aliphatic rings. The molecule has 0 radical (unpaired) electrons. The fraction of sp³-hybridized carbons (Fsp3) is 0.875. The van der Waals surface area contributed by atoms with E-state index in [0.717, 1.165) is 0 Å². The zero-order chi connectivity index (χ0) is 11.1. The number of carbonyl (C=O) groups excluding carboxylic acids is 1. The van der Waals surface area contributed by atoms with Crippen molar-refractivity contribution in [3.8, 4) is 0 Å². The Labute approximate surface area is 82.2 Å². The van der Waals surface area contributed by atoms with Gasteiger partial charge in [0.25, 0.3) is 0 Å². The average molecular weight is 207 g/mol. The van der Waals surface area contributed by atoms with Crippen LogP contribution < -0.4 is 5.32 Å². The number of aliphatic hydroxyl groups is 4. The minimum absolute atomic E-state index is 0.123. The molecule has 3 unspecified atom stereocenters. The molecule has 0 bridgehead atoms. The van der Waals surface area contributed by atoms with Gasteiger partial charge < -0.3 is 25.7 Å². The molecule has 0 saturated heterocycles. The van der Waals surface area contributed by atoms with Gasteiger partial charge in [-0.25, -0.2) is 0 Å². The lowest BCUT2D eigenvalue weighted by Gasteiger charge is -2.21. The van der Waals surface area contributed by atoms with E-state index in [1.54, 1.807) is 0 Å². The number of hydrogen-bond donors (Lipinski definition) is 5. The zero-order valence-electron chi connectivity index (χ0n) is 8.05. The van der Waals surface area contributed by atoms with E-state index in [-0.39, 0.29) is 18.9 Å². The monoisotopic (exact) mass is 207 g/mol. The van der Waals surface area contributed by atoms with E-state index in [9.17, 15) is 15.0 Å². The summed E-state index contributed by atoms with van der Waals surface area (Å²) in [5.41, 5.74) is 0. The highest BCUT2D eigenvalue weighted by Gasteiger charge is 2.23. The molecule has 0 fully saturated rings. The molecule has 0 spiro atoms. The molecule has 14 heavy (non-hydrogen) atoms. The lowest BCUT2D eigenvalue weighted by molar-refractivity contribution is -0.119. The molecule has 0 heterocycles. The summed E-state index contributed by atoms with van der Waals surface area (Å²) in [5, 5.41) is 38.3. The van der Waals surface area contributed by atoms with E-state index in [0.29, 0.717) is 0 Å². The number of amides is 1. The van der Waals surface area contributed by atoms with Crippen LogP contribution in [0.1, 0.15) is 13.3 Å². The maximum Gasteiger partial charge on any atom is 0.216 e. The summed E-state index contributed by atoms with van der Waals surface area (Å²) in [5.74, 6) is -0.227. The number of aliphatic hydroxyl groups excluding tert-OH is 4. The number of nitrogens with one attached hydrogen (secondary N) is 1. The lowest BCUT2D eigenvalue weighted by atomic mass is 10.1. The first-order chi connectivity index (χ1) is 6.49. The van der Waals surface area contributed by atoms with Gasteiger partial charge in [-0.1, -0.05) is 0 Å². The van der Waals surface area contributed by atoms with Crippen molar-refractivity contribution in [2.45, 2.75) is 31.7 Å². The molecule has 0 aliphatic heterocycles. The SMILES string of the molecule is CC(=O)NCCC(O)C(O)C(O)CO. The maximum absolute atomic E-state index is 10.4. The Hall–Kier alpha value is -0.690. The molecule has 0 rings (SSSR count). The number of carbonyl (C=O) groups is 1.